The Kier molecular flexibility index (Phi) is 11.1. The Morgan fingerprint density at radius 2 is 1.61 bits per heavy atom. The second-order valence-electron chi connectivity index (χ2n) is 3.37. The van der Waals surface area contributed by atoms with Crippen LogP contribution in [0.4, 0.5) is 4.79 Å². The third-order valence-electron chi connectivity index (χ3n) is 2.29. The Morgan fingerprint density at radius 3 is 1.94 bits per heavy atom. The molecule has 1 rings (SSSR count). The van der Waals surface area contributed by atoms with Gasteiger partial charge in [-0.25, -0.2) is 0 Å². The summed E-state index contributed by atoms with van der Waals surface area (Å²) in [5.41, 5.74) is 3.20. The molecule has 0 saturated heterocycles. The van der Waals surface area contributed by atoms with E-state index in [1.54, 1.807) is 14.2 Å². The molecule has 1 aromatic carbocycles. The van der Waals surface area contributed by atoms with Crippen molar-refractivity contribution >= 4 is 24.6 Å². The second kappa shape index (κ2) is 9.82. The van der Waals surface area contributed by atoms with Gasteiger partial charge in [0.1, 0.15) is 0 Å². The molecule has 0 bridgehead atoms. The van der Waals surface area contributed by atoms with Crippen molar-refractivity contribution in [2.75, 3.05) is 14.2 Å². The van der Waals surface area contributed by atoms with Gasteiger partial charge in [-0.15, -0.1) is 22.8 Å². The Hall–Kier alpha value is -0.0512. The van der Waals surface area contributed by atoms with Crippen LogP contribution in [0.1, 0.15) is 16.7 Å². The van der Waals surface area contributed by atoms with Gasteiger partial charge in [0.25, 0.3) is 0 Å². The minimum atomic E-state index is -0.861. The molecule has 0 aromatic heterocycles. The monoisotopic (exact) mass is 342 g/mol. The quantitative estimate of drug-likeness (QED) is 0.471. The van der Waals surface area contributed by atoms with Gasteiger partial charge in [-0.3, -0.25) is 4.79 Å². The summed E-state index contributed by atoms with van der Waals surface area (Å²) >= 11 is 4.41. The number of carbonyl (C=O) groups excluding carboxylic acids is 1. The summed E-state index contributed by atoms with van der Waals surface area (Å²) in [5, 5.41) is -0.861. The Balaban J connectivity index is 0. The number of carbonyl (C=O) groups is 1. The van der Waals surface area contributed by atoms with Crippen molar-refractivity contribution < 1.29 is 47.0 Å². The van der Waals surface area contributed by atoms with Crippen LogP contribution in [0, 0.1) is 26.8 Å². The zero-order chi connectivity index (χ0) is 13.6. The fourth-order valence-corrected chi connectivity index (χ4v) is 1.45. The van der Waals surface area contributed by atoms with E-state index in [-0.39, 0.29) is 32.7 Å². The predicted octanol–water partition coefficient (Wildman–Crippen LogP) is 2.94. The molecule has 0 aliphatic heterocycles. The minimum absolute atomic E-state index is 0. The molecule has 0 heterocycles. The van der Waals surface area contributed by atoms with E-state index >= 15 is 0 Å². The van der Waals surface area contributed by atoms with Crippen molar-refractivity contribution in [2.45, 2.75) is 20.8 Å². The first-order valence-electron chi connectivity index (χ1n) is 4.91. The van der Waals surface area contributed by atoms with Gasteiger partial charge >= 0.3 is 0 Å². The van der Waals surface area contributed by atoms with E-state index in [1.807, 2.05) is 20.8 Å². The van der Waals surface area contributed by atoms with Crippen LogP contribution < -0.4 is 9.47 Å². The fraction of sp³-hybridized carbons (Fsp3) is 0.417. The zero-order valence-electron chi connectivity index (χ0n) is 11.3. The van der Waals surface area contributed by atoms with E-state index in [9.17, 15) is 0 Å². The van der Waals surface area contributed by atoms with Crippen molar-refractivity contribution in [1.82, 2.24) is 0 Å². The average Bonchev–Trinajstić information content (AvgIpc) is 2.23. The first-order valence-corrected chi connectivity index (χ1v) is 5.28. The summed E-state index contributed by atoms with van der Waals surface area (Å²) in [6.07, 6.45) is 0. The summed E-state index contributed by atoms with van der Waals surface area (Å²) in [6.45, 7) is 6.00. The molecule has 3 nitrogen and oxygen atoms in total. The number of aryl methyl sites for hydroxylation is 1. The summed E-state index contributed by atoms with van der Waals surface area (Å²) in [6, 6.07) is 3.14. The third-order valence-corrected chi connectivity index (χ3v) is 2.29. The van der Waals surface area contributed by atoms with Crippen LogP contribution in [0.25, 0.3) is 0 Å². The van der Waals surface area contributed by atoms with Gasteiger partial charge in [-0.1, -0.05) is 32.4 Å². The van der Waals surface area contributed by atoms with Crippen molar-refractivity contribution in [1.29, 1.82) is 0 Å². The SMILES string of the molecule is COc1[c-]c(C)c(OC)c(C)c1C.[B]C(=O)Cl.[Y]. The first-order chi connectivity index (χ1) is 7.84. The van der Waals surface area contributed by atoms with Gasteiger partial charge in [-0.05, 0) is 0 Å². The van der Waals surface area contributed by atoms with E-state index in [0.717, 1.165) is 28.2 Å². The molecule has 0 spiro atoms. The number of hydrogen-bond donors (Lipinski definition) is 0. The summed E-state index contributed by atoms with van der Waals surface area (Å²) < 4.78 is 10.5. The molecule has 1 aromatic rings. The largest absolute Gasteiger partial charge is 0.554 e. The standard InChI is InChI=1S/C11H15O2.CBClO.Y/c1-7-6-10(12-4)8(2)9(3)11(7)13-5;2-1(3)4;/h1-5H3;;/q-1;;. The van der Waals surface area contributed by atoms with Crippen molar-refractivity contribution in [3.05, 3.63) is 22.8 Å². The maximum atomic E-state index is 8.99. The molecule has 0 aliphatic rings. The number of ether oxygens (including phenoxy) is 2. The van der Waals surface area contributed by atoms with Crippen LogP contribution in [0.3, 0.4) is 0 Å². The van der Waals surface area contributed by atoms with Crippen LogP contribution in [0.2, 0.25) is 0 Å². The molecule has 3 radical (unpaired) electrons. The van der Waals surface area contributed by atoms with E-state index in [4.69, 9.17) is 14.3 Å². The molecule has 0 unspecified atom stereocenters. The van der Waals surface area contributed by atoms with Gasteiger partial charge in [0.05, 0.1) is 14.2 Å². The second-order valence-corrected chi connectivity index (χ2v) is 3.74. The van der Waals surface area contributed by atoms with Crippen LogP contribution in [-0.4, -0.2) is 27.2 Å². The van der Waals surface area contributed by atoms with Crippen LogP contribution in [0.15, 0.2) is 0 Å². The molecule has 0 fully saturated rings. The Bertz CT molecular complexity index is 407. The van der Waals surface area contributed by atoms with Gasteiger partial charge in [-0.2, -0.15) is 0 Å². The zero-order valence-corrected chi connectivity index (χ0v) is 14.9. The van der Waals surface area contributed by atoms with E-state index in [1.165, 1.54) is 0 Å². The fourth-order valence-electron chi connectivity index (χ4n) is 1.45. The number of rotatable bonds is 2. The number of hydrogen-bond acceptors (Lipinski definition) is 3. The van der Waals surface area contributed by atoms with Gasteiger partial charge in [0, 0.05) is 44.2 Å². The molecule has 6 heteroatoms. The number of methoxy groups -OCH3 is 2. The molecule has 95 valence electrons. The smallest absolute Gasteiger partial charge is 0.192 e. The first kappa shape index (κ1) is 20.3. The average molecular weight is 342 g/mol. The topological polar surface area (TPSA) is 35.5 Å². The van der Waals surface area contributed by atoms with Crippen molar-refractivity contribution in [3.63, 3.8) is 0 Å². The summed E-state index contributed by atoms with van der Waals surface area (Å²) in [4.78, 5) is 8.99. The van der Waals surface area contributed by atoms with Crippen molar-refractivity contribution in [2.24, 2.45) is 0 Å². The van der Waals surface area contributed by atoms with Crippen LogP contribution in [-0.2, 0) is 32.7 Å². The molecular formula is C12H15BClO3Y-. The van der Waals surface area contributed by atoms with E-state index < -0.39 is 5.14 Å². The normalized spacial score (nSPS) is 8.56. The summed E-state index contributed by atoms with van der Waals surface area (Å²) in [5.74, 6) is 1.70. The number of benzene rings is 1. The Morgan fingerprint density at radius 1 is 1.17 bits per heavy atom. The van der Waals surface area contributed by atoms with Gasteiger partial charge in [0.15, 0.2) is 13.0 Å². The summed E-state index contributed by atoms with van der Waals surface area (Å²) in [7, 11) is 7.57. The predicted molar refractivity (Wildman–Crippen MR) is 69.6 cm³/mol. The molecule has 0 N–H and O–H groups in total. The third kappa shape index (κ3) is 6.21. The molecular weight excluding hydrogens is 327 g/mol. The molecule has 0 saturated carbocycles. The van der Waals surface area contributed by atoms with Gasteiger partial charge in [0.2, 0.25) is 0 Å². The van der Waals surface area contributed by atoms with Crippen LogP contribution in [0.5, 0.6) is 11.5 Å². The van der Waals surface area contributed by atoms with E-state index in [2.05, 4.69) is 25.5 Å². The maximum absolute atomic E-state index is 8.99. The minimum Gasteiger partial charge on any atom is -0.554 e. The number of halogens is 1. The van der Waals surface area contributed by atoms with Crippen LogP contribution >= 0.6 is 11.6 Å². The Labute approximate surface area is 140 Å². The van der Waals surface area contributed by atoms with E-state index in [0.29, 0.717) is 0 Å². The molecule has 18 heavy (non-hydrogen) atoms. The molecule has 0 atom stereocenters. The van der Waals surface area contributed by atoms with Gasteiger partial charge < -0.3 is 9.47 Å². The molecule has 0 aliphatic carbocycles. The molecule has 0 amide bonds. The maximum Gasteiger partial charge on any atom is 0.192 e. The van der Waals surface area contributed by atoms with Crippen molar-refractivity contribution in [3.8, 4) is 11.5 Å².